The van der Waals surface area contributed by atoms with Crippen molar-refractivity contribution in [1.29, 1.82) is 0 Å². The van der Waals surface area contributed by atoms with Gasteiger partial charge in [-0.25, -0.2) is 0 Å². The first-order valence-corrected chi connectivity index (χ1v) is 8.20. The van der Waals surface area contributed by atoms with Crippen LogP contribution in [-0.4, -0.2) is 110 Å². The van der Waals surface area contributed by atoms with Crippen molar-refractivity contribution in [2.24, 2.45) is 0 Å². The van der Waals surface area contributed by atoms with Crippen LogP contribution in [0.3, 0.4) is 0 Å². The number of hydrogen-bond acceptors (Lipinski definition) is 12. The normalized spacial score (nSPS) is 34.6. The van der Waals surface area contributed by atoms with Crippen molar-refractivity contribution < 1.29 is 54.5 Å². The predicted molar refractivity (Wildman–Crippen MR) is 84.0 cm³/mol. The highest BCUT2D eigenvalue weighted by molar-refractivity contribution is 5.82. The molecule has 0 bridgehead atoms. The average Bonchev–Trinajstić information content (AvgIpc) is 3.18. The molecule has 160 valence electrons. The molecule has 2 heterocycles. The van der Waals surface area contributed by atoms with Crippen LogP contribution < -0.4 is 5.32 Å². The maximum atomic E-state index is 12.0. The number of nitrogens with one attached hydrogen (secondary N) is 1. The Morgan fingerprint density at radius 3 is 2.64 bits per heavy atom. The molecule has 2 aliphatic heterocycles. The van der Waals surface area contributed by atoms with Crippen molar-refractivity contribution in [2.45, 2.75) is 54.7 Å². The Labute approximate surface area is 157 Å². The minimum atomic E-state index is -2.66. The van der Waals surface area contributed by atoms with Gasteiger partial charge in [-0.3, -0.25) is 4.79 Å². The Morgan fingerprint density at radius 1 is 1.46 bits per heavy atom. The predicted octanol–water partition coefficient (Wildman–Crippen LogP) is -4.76. The smallest absolute Gasteiger partial charge is 0.294 e. The number of carbonyl (C=O) groups is 2. The first kappa shape index (κ1) is 22.4. The van der Waals surface area contributed by atoms with Gasteiger partial charge in [0.2, 0.25) is 5.91 Å². The standard InChI is InChI=1S/C14H22N2O12/c1-6(18)15-13(4-17,11(22)9(21)7(19)3-28-16(24)25)14(23)5-27-10-8(20)2-26-12(10)14/h4,7-12,19-23H,2-3,5H2,1H3,(H,15,18)/t7-,8-,9-,10-,11+,12+,13-,14-/m1/s1. The summed E-state index contributed by atoms with van der Waals surface area (Å²) in [6, 6.07) is 0. The third-order valence-corrected chi connectivity index (χ3v) is 4.91. The third-order valence-electron chi connectivity index (χ3n) is 4.91. The first-order valence-electron chi connectivity index (χ1n) is 8.20. The summed E-state index contributed by atoms with van der Waals surface area (Å²) in [7, 11) is 0. The Kier molecular flexibility index (Phi) is 6.55. The zero-order valence-corrected chi connectivity index (χ0v) is 14.7. The topological polar surface area (TPSA) is 218 Å². The second-order valence-corrected chi connectivity index (χ2v) is 6.71. The van der Waals surface area contributed by atoms with Gasteiger partial charge in [-0.05, 0) is 0 Å². The van der Waals surface area contributed by atoms with Gasteiger partial charge in [-0.1, -0.05) is 0 Å². The number of amides is 1. The van der Waals surface area contributed by atoms with Crippen LogP contribution >= 0.6 is 0 Å². The number of rotatable bonds is 9. The fraction of sp³-hybridized carbons (Fsp3) is 0.857. The quantitative estimate of drug-likeness (QED) is 0.120. The van der Waals surface area contributed by atoms with Crippen LogP contribution in [-0.2, 0) is 23.9 Å². The molecule has 14 heteroatoms. The van der Waals surface area contributed by atoms with E-state index in [2.05, 4.69) is 10.2 Å². The molecule has 0 aliphatic carbocycles. The van der Waals surface area contributed by atoms with Crippen LogP contribution in [0.25, 0.3) is 0 Å². The van der Waals surface area contributed by atoms with E-state index in [1.165, 1.54) is 0 Å². The van der Waals surface area contributed by atoms with Crippen LogP contribution in [0.5, 0.6) is 0 Å². The number of fused-ring (bicyclic) bond motifs is 1. The van der Waals surface area contributed by atoms with Crippen molar-refractivity contribution in [3.8, 4) is 0 Å². The molecule has 0 unspecified atom stereocenters. The highest BCUT2D eigenvalue weighted by Gasteiger charge is 2.69. The van der Waals surface area contributed by atoms with Gasteiger partial charge in [0, 0.05) is 6.92 Å². The van der Waals surface area contributed by atoms with Gasteiger partial charge in [0.15, 0.2) is 11.8 Å². The summed E-state index contributed by atoms with van der Waals surface area (Å²) in [6.07, 6.45) is -10.4. The molecule has 14 nitrogen and oxygen atoms in total. The number of hydrogen-bond donors (Lipinski definition) is 6. The Hall–Kier alpha value is -1.94. The second-order valence-electron chi connectivity index (χ2n) is 6.71. The summed E-state index contributed by atoms with van der Waals surface area (Å²) in [4.78, 5) is 37.9. The average molecular weight is 410 g/mol. The summed E-state index contributed by atoms with van der Waals surface area (Å²) >= 11 is 0. The van der Waals surface area contributed by atoms with Gasteiger partial charge < -0.3 is 50.0 Å². The van der Waals surface area contributed by atoms with E-state index in [1.807, 2.05) is 0 Å². The molecule has 2 fully saturated rings. The second kappa shape index (κ2) is 8.20. The Balaban J connectivity index is 2.38. The number of aliphatic hydroxyl groups excluding tert-OH is 4. The lowest BCUT2D eigenvalue weighted by Crippen LogP contribution is -2.77. The Morgan fingerprint density at radius 2 is 2.11 bits per heavy atom. The number of aldehydes is 1. The number of carbonyl (C=O) groups excluding carboxylic acids is 2. The van der Waals surface area contributed by atoms with Crippen LogP contribution in [0.15, 0.2) is 0 Å². The van der Waals surface area contributed by atoms with Gasteiger partial charge in [0.25, 0.3) is 5.09 Å². The summed E-state index contributed by atoms with van der Waals surface area (Å²) < 4.78 is 10.5. The molecule has 2 rings (SSSR count). The van der Waals surface area contributed by atoms with E-state index < -0.39 is 72.0 Å². The molecular formula is C14H22N2O12. The highest BCUT2D eigenvalue weighted by atomic mass is 17.0. The van der Waals surface area contributed by atoms with Gasteiger partial charge >= 0.3 is 0 Å². The van der Waals surface area contributed by atoms with Crippen LogP contribution in [0.4, 0.5) is 0 Å². The lowest BCUT2D eigenvalue weighted by atomic mass is 9.71. The van der Waals surface area contributed by atoms with Crippen molar-refractivity contribution in [2.75, 3.05) is 19.8 Å². The van der Waals surface area contributed by atoms with E-state index in [0.29, 0.717) is 0 Å². The van der Waals surface area contributed by atoms with Crippen LogP contribution in [0, 0.1) is 10.1 Å². The van der Waals surface area contributed by atoms with E-state index in [4.69, 9.17) is 9.47 Å². The molecule has 8 atom stereocenters. The van der Waals surface area contributed by atoms with E-state index >= 15 is 0 Å². The SMILES string of the molecule is CC(=O)N[C@](C=O)([C@@H](O)[C@H](O)[C@H](O)CO[N+](=O)[O-])[C@@]1(O)CO[C@@H]2[C@H](O)CO[C@@H]21. The molecule has 0 aromatic heterocycles. The van der Waals surface area contributed by atoms with E-state index in [1.54, 1.807) is 0 Å². The van der Waals surface area contributed by atoms with Gasteiger partial charge in [-0.2, -0.15) is 0 Å². The largest absolute Gasteiger partial charge is 0.388 e. The minimum Gasteiger partial charge on any atom is -0.388 e. The number of ether oxygens (including phenoxy) is 2. The molecule has 2 aliphatic rings. The molecule has 0 spiro atoms. The fourth-order valence-corrected chi connectivity index (χ4v) is 3.51. The lowest BCUT2D eigenvalue weighted by molar-refractivity contribution is -0.759. The van der Waals surface area contributed by atoms with E-state index in [9.17, 15) is 45.2 Å². The van der Waals surface area contributed by atoms with Crippen LogP contribution in [0.1, 0.15) is 6.92 Å². The highest BCUT2D eigenvalue weighted by Crippen LogP contribution is 2.42. The number of aliphatic hydroxyl groups is 5. The summed E-state index contributed by atoms with van der Waals surface area (Å²) in [6.45, 7) is -1.03. The monoisotopic (exact) mass is 410 g/mol. The lowest BCUT2D eigenvalue weighted by Gasteiger charge is -2.47. The summed E-state index contributed by atoms with van der Waals surface area (Å²) in [5.41, 5.74) is -5.11. The maximum Gasteiger partial charge on any atom is 0.294 e. The molecule has 28 heavy (non-hydrogen) atoms. The fourth-order valence-electron chi connectivity index (χ4n) is 3.51. The van der Waals surface area contributed by atoms with Crippen molar-refractivity contribution in [3.63, 3.8) is 0 Å². The van der Waals surface area contributed by atoms with Gasteiger partial charge in [-0.15, -0.1) is 10.1 Å². The minimum absolute atomic E-state index is 0.0524. The first-order chi connectivity index (χ1) is 13.0. The Bertz CT molecular complexity index is 619. The van der Waals surface area contributed by atoms with Crippen molar-refractivity contribution >= 4 is 12.2 Å². The molecule has 6 N–H and O–H groups in total. The third kappa shape index (κ3) is 3.67. The molecule has 0 aromatic carbocycles. The maximum absolute atomic E-state index is 12.0. The van der Waals surface area contributed by atoms with Gasteiger partial charge in [0.1, 0.15) is 48.8 Å². The van der Waals surface area contributed by atoms with Crippen LogP contribution in [0.2, 0.25) is 0 Å². The summed E-state index contributed by atoms with van der Waals surface area (Å²) in [5, 5.41) is 62.7. The van der Waals surface area contributed by atoms with E-state index in [0.717, 1.165) is 6.92 Å². The molecule has 0 aromatic rings. The zero-order chi connectivity index (χ0) is 21.3. The molecule has 0 saturated carbocycles. The molecule has 2 saturated heterocycles. The zero-order valence-electron chi connectivity index (χ0n) is 14.7. The molecule has 0 radical (unpaired) electrons. The van der Waals surface area contributed by atoms with E-state index in [-0.39, 0.29) is 12.9 Å². The van der Waals surface area contributed by atoms with Gasteiger partial charge in [0.05, 0.1) is 13.2 Å². The molecule has 1 amide bonds. The number of nitrogens with zero attached hydrogens (tertiary/aromatic N) is 1. The van der Waals surface area contributed by atoms with Crippen molar-refractivity contribution in [3.05, 3.63) is 10.1 Å². The molecular weight excluding hydrogens is 388 g/mol. The van der Waals surface area contributed by atoms with Crippen molar-refractivity contribution in [1.82, 2.24) is 5.32 Å². The summed E-state index contributed by atoms with van der Waals surface area (Å²) in [5.74, 6) is -0.898.